The Morgan fingerprint density at radius 3 is 2.73 bits per heavy atom. The van der Waals surface area contributed by atoms with Gasteiger partial charge in [-0.2, -0.15) is 5.26 Å². The first-order valence-electron chi connectivity index (χ1n) is 5.12. The molecule has 0 N–H and O–H groups in total. The summed E-state index contributed by atoms with van der Waals surface area (Å²) in [5, 5.41) is 8.38. The Labute approximate surface area is 90.5 Å². The summed E-state index contributed by atoms with van der Waals surface area (Å²) in [6, 6.07) is 7.88. The van der Waals surface area contributed by atoms with Gasteiger partial charge >= 0.3 is 0 Å². The predicted molar refractivity (Wildman–Crippen MR) is 59.7 cm³/mol. The summed E-state index contributed by atoms with van der Waals surface area (Å²) < 4.78 is 0. The number of carbonyl (C=O) groups excluding carboxylic acids is 1. The van der Waals surface area contributed by atoms with Crippen LogP contribution < -0.4 is 0 Å². The number of nitrogens with zero attached hydrogens (tertiary/aromatic N) is 1. The molecule has 0 saturated carbocycles. The number of ketones is 1. The summed E-state index contributed by atoms with van der Waals surface area (Å²) in [5.74, 6) is 0.141. The third-order valence-corrected chi connectivity index (χ3v) is 2.37. The molecule has 78 valence electrons. The highest BCUT2D eigenvalue weighted by Gasteiger charge is 2.08. The third-order valence-electron chi connectivity index (χ3n) is 2.37. The molecule has 15 heavy (non-hydrogen) atoms. The van der Waals surface area contributed by atoms with Crippen LogP contribution in [-0.4, -0.2) is 5.78 Å². The van der Waals surface area contributed by atoms with Gasteiger partial charge in [-0.25, -0.2) is 0 Å². The van der Waals surface area contributed by atoms with Crippen LogP contribution in [0.15, 0.2) is 18.2 Å². The topological polar surface area (TPSA) is 40.9 Å². The average molecular weight is 201 g/mol. The molecule has 0 unspecified atom stereocenters. The highest BCUT2D eigenvalue weighted by atomic mass is 16.1. The van der Waals surface area contributed by atoms with Gasteiger partial charge in [0.25, 0.3) is 0 Å². The van der Waals surface area contributed by atoms with Crippen molar-refractivity contribution in [3.05, 3.63) is 34.9 Å². The van der Waals surface area contributed by atoms with E-state index < -0.39 is 0 Å². The maximum atomic E-state index is 11.7. The maximum Gasteiger partial charge on any atom is 0.163 e. The van der Waals surface area contributed by atoms with E-state index in [1.54, 1.807) is 0 Å². The molecule has 0 amide bonds. The van der Waals surface area contributed by atoms with Crippen LogP contribution in [-0.2, 0) is 0 Å². The van der Waals surface area contributed by atoms with Crippen LogP contribution >= 0.6 is 0 Å². The van der Waals surface area contributed by atoms with E-state index in [-0.39, 0.29) is 5.78 Å². The van der Waals surface area contributed by atoms with Crippen LogP contribution in [0.4, 0.5) is 0 Å². The second-order valence-corrected chi connectivity index (χ2v) is 3.75. The van der Waals surface area contributed by atoms with Crippen LogP contribution in [0.25, 0.3) is 0 Å². The smallest absolute Gasteiger partial charge is 0.163 e. The van der Waals surface area contributed by atoms with E-state index in [1.165, 1.54) is 5.56 Å². The van der Waals surface area contributed by atoms with E-state index in [4.69, 9.17) is 5.26 Å². The molecule has 1 rings (SSSR count). The molecule has 2 heteroatoms. The Bertz CT molecular complexity index is 401. The number of nitriles is 1. The van der Waals surface area contributed by atoms with Crippen molar-refractivity contribution in [3.63, 3.8) is 0 Å². The lowest BCUT2D eigenvalue weighted by atomic mass is 9.99. The number of unbranched alkanes of at least 4 members (excludes halogenated alkanes) is 1. The maximum absolute atomic E-state index is 11.7. The van der Waals surface area contributed by atoms with Crippen molar-refractivity contribution in [1.82, 2.24) is 0 Å². The van der Waals surface area contributed by atoms with Gasteiger partial charge in [-0.3, -0.25) is 4.79 Å². The zero-order valence-corrected chi connectivity index (χ0v) is 9.21. The molecule has 0 atom stereocenters. The summed E-state index contributed by atoms with van der Waals surface area (Å²) >= 11 is 0. The van der Waals surface area contributed by atoms with Gasteiger partial charge < -0.3 is 0 Å². The lowest BCUT2D eigenvalue weighted by molar-refractivity contribution is 0.0980. The minimum absolute atomic E-state index is 0.141. The number of hydrogen-bond donors (Lipinski definition) is 0. The summed E-state index contributed by atoms with van der Waals surface area (Å²) in [4.78, 5) is 11.7. The molecule has 0 fully saturated rings. The standard InChI is InChI=1S/C13H15NO/c1-10-6-7-12(11(2)9-10)13(15)5-3-4-8-14/h6-7,9H,3-5H2,1-2H3. The first-order valence-corrected chi connectivity index (χ1v) is 5.12. The molecule has 0 heterocycles. The molecule has 0 spiro atoms. The molecule has 0 saturated heterocycles. The van der Waals surface area contributed by atoms with Crippen molar-refractivity contribution in [2.45, 2.75) is 33.1 Å². The van der Waals surface area contributed by atoms with Crippen molar-refractivity contribution >= 4 is 5.78 Å². The zero-order valence-electron chi connectivity index (χ0n) is 9.21. The number of hydrogen-bond acceptors (Lipinski definition) is 2. The normalized spacial score (nSPS) is 9.67. The Morgan fingerprint density at radius 1 is 1.40 bits per heavy atom. The number of rotatable bonds is 4. The summed E-state index contributed by atoms with van der Waals surface area (Å²) in [6.07, 6.45) is 1.58. The van der Waals surface area contributed by atoms with Crippen molar-refractivity contribution in [3.8, 4) is 6.07 Å². The highest BCUT2D eigenvalue weighted by molar-refractivity contribution is 5.97. The number of carbonyl (C=O) groups is 1. The Balaban J connectivity index is 2.70. The fourth-order valence-electron chi connectivity index (χ4n) is 1.59. The molecule has 1 aromatic carbocycles. The van der Waals surface area contributed by atoms with E-state index >= 15 is 0 Å². The minimum Gasteiger partial charge on any atom is -0.294 e. The second-order valence-electron chi connectivity index (χ2n) is 3.75. The van der Waals surface area contributed by atoms with Gasteiger partial charge in [0.15, 0.2) is 5.78 Å². The second kappa shape index (κ2) is 5.31. The largest absolute Gasteiger partial charge is 0.294 e. The fourth-order valence-corrected chi connectivity index (χ4v) is 1.59. The molecule has 2 nitrogen and oxygen atoms in total. The van der Waals surface area contributed by atoms with Crippen LogP contribution in [0.5, 0.6) is 0 Å². The van der Waals surface area contributed by atoms with Gasteiger partial charge in [0, 0.05) is 18.4 Å². The van der Waals surface area contributed by atoms with E-state index in [0.29, 0.717) is 19.3 Å². The summed E-state index contributed by atoms with van der Waals surface area (Å²) in [7, 11) is 0. The number of aryl methyl sites for hydroxylation is 2. The molecular weight excluding hydrogens is 186 g/mol. The molecule has 0 aliphatic rings. The van der Waals surface area contributed by atoms with Crippen molar-refractivity contribution in [1.29, 1.82) is 5.26 Å². The first kappa shape index (κ1) is 11.5. The van der Waals surface area contributed by atoms with Gasteiger partial charge in [0.2, 0.25) is 0 Å². The summed E-state index contributed by atoms with van der Waals surface area (Å²) in [6.45, 7) is 3.96. The fraction of sp³-hybridized carbons (Fsp3) is 0.385. The van der Waals surface area contributed by atoms with Gasteiger partial charge in [0.05, 0.1) is 6.07 Å². The van der Waals surface area contributed by atoms with Crippen LogP contribution in [0, 0.1) is 25.2 Å². The van der Waals surface area contributed by atoms with Crippen LogP contribution in [0.2, 0.25) is 0 Å². The van der Waals surface area contributed by atoms with Crippen molar-refractivity contribution in [2.24, 2.45) is 0 Å². The Kier molecular flexibility index (Phi) is 4.05. The molecule has 0 aromatic heterocycles. The van der Waals surface area contributed by atoms with Gasteiger partial charge in [-0.1, -0.05) is 23.8 Å². The van der Waals surface area contributed by atoms with Gasteiger partial charge in [0.1, 0.15) is 0 Å². The molecule has 1 aromatic rings. The minimum atomic E-state index is 0.141. The van der Waals surface area contributed by atoms with Crippen LogP contribution in [0.1, 0.15) is 40.7 Å². The van der Waals surface area contributed by atoms with E-state index in [2.05, 4.69) is 0 Å². The Morgan fingerprint density at radius 2 is 2.13 bits per heavy atom. The monoisotopic (exact) mass is 201 g/mol. The van der Waals surface area contributed by atoms with Gasteiger partial charge in [-0.05, 0) is 25.8 Å². The quantitative estimate of drug-likeness (QED) is 0.554. The number of benzene rings is 1. The highest BCUT2D eigenvalue weighted by Crippen LogP contribution is 2.13. The van der Waals surface area contributed by atoms with Crippen LogP contribution in [0.3, 0.4) is 0 Å². The van der Waals surface area contributed by atoms with Crippen molar-refractivity contribution in [2.75, 3.05) is 0 Å². The summed E-state index contributed by atoms with van der Waals surface area (Å²) in [5.41, 5.74) is 2.98. The molecule has 0 bridgehead atoms. The Hall–Kier alpha value is -1.62. The molecule has 0 radical (unpaired) electrons. The van der Waals surface area contributed by atoms with Crippen molar-refractivity contribution < 1.29 is 4.79 Å². The van der Waals surface area contributed by atoms with E-state index in [0.717, 1.165) is 11.1 Å². The third kappa shape index (κ3) is 3.21. The van der Waals surface area contributed by atoms with E-state index in [1.807, 2.05) is 38.1 Å². The number of Topliss-reactive ketones (excluding diaryl/α,β-unsaturated/α-hetero) is 1. The lowest BCUT2D eigenvalue weighted by Crippen LogP contribution is -2.01. The van der Waals surface area contributed by atoms with Gasteiger partial charge in [-0.15, -0.1) is 0 Å². The predicted octanol–water partition coefficient (Wildman–Crippen LogP) is 3.18. The SMILES string of the molecule is Cc1ccc(C(=O)CCCC#N)c(C)c1. The van der Waals surface area contributed by atoms with E-state index in [9.17, 15) is 4.79 Å². The molecule has 0 aliphatic carbocycles. The molecular formula is C13H15NO. The average Bonchev–Trinajstić information content (AvgIpc) is 2.17. The zero-order chi connectivity index (χ0) is 11.3. The lowest BCUT2D eigenvalue weighted by Gasteiger charge is -2.04. The molecule has 0 aliphatic heterocycles. The first-order chi connectivity index (χ1) is 7.15.